The highest BCUT2D eigenvalue weighted by Crippen LogP contribution is 2.16. The number of carbonyl (C=O) groups excluding carboxylic acids is 4. The third-order valence-corrected chi connectivity index (χ3v) is 2.32. The third-order valence-electron chi connectivity index (χ3n) is 2.32. The summed E-state index contributed by atoms with van der Waals surface area (Å²) >= 11 is 0. The number of hydrogen-bond donors (Lipinski definition) is 2. The molecular formula is C11H15F3N2O6. The molecule has 0 rings (SSSR count). The van der Waals surface area contributed by atoms with E-state index in [1.54, 1.807) is 13.8 Å². The minimum atomic E-state index is -5.38. The van der Waals surface area contributed by atoms with Crippen LogP contribution in [0.25, 0.3) is 0 Å². The van der Waals surface area contributed by atoms with Gasteiger partial charge in [-0.25, -0.2) is 14.4 Å². The van der Waals surface area contributed by atoms with E-state index in [9.17, 15) is 32.3 Å². The topological polar surface area (TPSA) is 139 Å². The van der Waals surface area contributed by atoms with Gasteiger partial charge >= 0.3 is 30.1 Å². The zero-order valence-electron chi connectivity index (χ0n) is 11.7. The first-order valence-electron chi connectivity index (χ1n) is 5.94. The molecule has 0 amide bonds. The lowest BCUT2D eigenvalue weighted by molar-refractivity contribution is -0.202. The molecule has 0 aromatic rings. The molecule has 126 valence electrons. The summed E-state index contributed by atoms with van der Waals surface area (Å²) in [6.07, 6.45) is -6.34. The second-order valence-corrected chi connectivity index (χ2v) is 4.58. The summed E-state index contributed by atoms with van der Waals surface area (Å²) in [5.74, 6) is -7.24. The van der Waals surface area contributed by atoms with Crippen LogP contribution >= 0.6 is 0 Å². The van der Waals surface area contributed by atoms with Gasteiger partial charge in [-0.3, -0.25) is 4.79 Å². The van der Waals surface area contributed by atoms with E-state index in [0.29, 0.717) is 0 Å². The SMILES string of the molecule is CC(C)[C@H](N)C(=O)OC(=O)C[C@H](N)C(=O)OC(=O)C(F)(F)F. The van der Waals surface area contributed by atoms with Crippen LogP contribution in [0.1, 0.15) is 20.3 Å². The Morgan fingerprint density at radius 2 is 1.50 bits per heavy atom. The summed E-state index contributed by atoms with van der Waals surface area (Å²) in [6, 6.07) is -3.00. The monoisotopic (exact) mass is 328 g/mol. The molecule has 0 aliphatic carbocycles. The third kappa shape index (κ3) is 6.63. The van der Waals surface area contributed by atoms with Gasteiger partial charge in [-0.05, 0) is 5.92 Å². The van der Waals surface area contributed by atoms with Crippen LogP contribution in [0, 0.1) is 5.92 Å². The second-order valence-electron chi connectivity index (χ2n) is 4.58. The van der Waals surface area contributed by atoms with Crippen molar-refractivity contribution in [2.75, 3.05) is 0 Å². The number of carbonyl (C=O) groups is 4. The van der Waals surface area contributed by atoms with Gasteiger partial charge in [-0.1, -0.05) is 13.8 Å². The first kappa shape index (κ1) is 20.0. The summed E-state index contributed by atoms with van der Waals surface area (Å²) in [5.41, 5.74) is 10.5. The van der Waals surface area contributed by atoms with Crippen LogP contribution in [0.15, 0.2) is 0 Å². The van der Waals surface area contributed by atoms with Crippen LogP contribution in [0.5, 0.6) is 0 Å². The Morgan fingerprint density at radius 3 is 1.91 bits per heavy atom. The standard InChI is InChI=1S/C11H15F3N2O6/c1-4(2)7(16)9(19)21-6(17)3-5(15)8(18)22-10(20)11(12,13)14/h4-5,7H,3,15-16H2,1-2H3/t5-,7-/m0/s1. The Morgan fingerprint density at radius 1 is 1.00 bits per heavy atom. The minimum absolute atomic E-state index is 0.330. The van der Waals surface area contributed by atoms with Crippen LogP contribution in [-0.4, -0.2) is 42.1 Å². The molecule has 0 radical (unpaired) electrons. The number of ether oxygens (including phenoxy) is 2. The summed E-state index contributed by atoms with van der Waals surface area (Å²) in [7, 11) is 0. The molecular weight excluding hydrogens is 313 g/mol. The molecule has 8 nitrogen and oxygen atoms in total. The molecule has 0 bridgehead atoms. The van der Waals surface area contributed by atoms with Gasteiger partial charge in [0.25, 0.3) is 0 Å². The van der Waals surface area contributed by atoms with E-state index in [1.165, 1.54) is 0 Å². The van der Waals surface area contributed by atoms with Crippen molar-refractivity contribution in [2.24, 2.45) is 17.4 Å². The lowest BCUT2D eigenvalue weighted by Crippen LogP contribution is -2.41. The summed E-state index contributed by atoms with van der Waals surface area (Å²) < 4.78 is 43.3. The molecule has 0 aromatic carbocycles. The molecule has 4 N–H and O–H groups in total. The van der Waals surface area contributed by atoms with Crippen molar-refractivity contribution in [2.45, 2.75) is 38.5 Å². The van der Waals surface area contributed by atoms with E-state index in [4.69, 9.17) is 11.5 Å². The van der Waals surface area contributed by atoms with Gasteiger partial charge in [0.1, 0.15) is 12.1 Å². The van der Waals surface area contributed by atoms with E-state index in [1.807, 2.05) is 0 Å². The first-order chi connectivity index (χ1) is 9.86. The highest BCUT2D eigenvalue weighted by atomic mass is 19.4. The summed E-state index contributed by atoms with van der Waals surface area (Å²) in [6.45, 7) is 3.17. The molecule has 11 heteroatoms. The Labute approximate surface area is 122 Å². The predicted molar refractivity (Wildman–Crippen MR) is 63.7 cm³/mol. The summed E-state index contributed by atoms with van der Waals surface area (Å²) in [4.78, 5) is 44.1. The number of nitrogens with two attached hydrogens (primary N) is 2. The van der Waals surface area contributed by atoms with E-state index >= 15 is 0 Å². The molecule has 0 saturated carbocycles. The van der Waals surface area contributed by atoms with Crippen molar-refractivity contribution in [3.05, 3.63) is 0 Å². The van der Waals surface area contributed by atoms with Gasteiger partial charge in [0.15, 0.2) is 0 Å². The fourth-order valence-electron chi connectivity index (χ4n) is 0.982. The van der Waals surface area contributed by atoms with Gasteiger partial charge in [0, 0.05) is 0 Å². The molecule has 0 fully saturated rings. The van der Waals surface area contributed by atoms with Crippen LogP contribution in [-0.2, 0) is 28.7 Å². The molecule has 2 atom stereocenters. The van der Waals surface area contributed by atoms with Crippen molar-refractivity contribution in [1.29, 1.82) is 0 Å². The molecule has 0 aliphatic heterocycles. The maximum atomic E-state index is 11.9. The summed E-state index contributed by atoms with van der Waals surface area (Å²) in [5, 5.41) is 0. The van der Waals surface area contributed by atoms with Crippen molar-refractivity contribution >= 4 is 23.9 Å². The fourth-order valence-corrected chi connectivity index (χ4v) is 0.982. The molecule has 0 heterocycles. The quantitative estimate of drug-likeness (QED) is 0.503. The number of esters is 4. The number of hydrogen-bond acceptors (Lipinski definition) is 8. The Kier molecular flexibility index (Phi) is 7.13. The first-order valence-corrected chi connectivity index (χ1v) is 5.94. The maximum Gasteiger partial charge on any atom is 0.491 e. The van der Waals surface area contributed by atoms with E-state index < -0.39 is 48.6 Å². The Hall–Kier alpha value is -2.01. The average molecular weight is 328 g/mol. The van der Waals surface area contributed by atoms with Crippen molar-refractivity contribution in [3.8, 4) is 0 Å². The molecule has 22 heavy (non-hydrogen) atoms. The second kappa shape index (κ2) is 7.84. The molecule has 0 aliphatic rings. The van der Waals surface area contributed by atoms with Crippen molar-refractivity contribution in [3.63, 3.8) is 0 Å². The maximum absolute atomic E-state index is 11.9. The zero-order valence-corrected chi connectivity index (χ0v) is 11.7. The molecule has 0 unspecified atom stereocenters. The van der Waals surface area contributed by atoms with Gasteiger partial charge < -0.3 is 20.9 Å². The number of alkyl halides is 3. The Bertz CT molecular complexity index is 463. The fraction of sp³-hybridized carbons (Fsp3) is 0.636. The lowest BCUT2D eigenvalue weighted by atomic mass is 10.1. The van der Waals surface area contributed by atoms with Crippen LogP contribution in [0.2, 0.25) is 0 Å². The average Bonchev–Trinajstić information content (AvgIpc) is 2.35. The molecule has 0 saturated heterocycles. The number of rotatable bonds is 5. The lowest BCUT2D eigenvalue weighted by Gasteiger charge is -2.14. The van der Waals surface area contributed by atoms with Gasteiger partial charge in [0.05, 0.1) is 6.42 Å². The largest absolute Gasteiger partial charge is 0.491 e. The molecule has 0 spiro atoms. The Balaban J connectivity index is 4.45. The van der Waals surface area contributed by atoms with E-state index in [-0.39, 0.29) is 5.92 Å². The van der Waals surface area contributed by atoms with E-state index in [0.717, 1.165) is 0 Å². The predicted octanol–water partition coefficient (Wildman–Crippen LogP) is -0.611. The highest BCUT2D eigenvalue weighted by molar-refractivity contribution is 5.94. The normalized spacial score (nSPS) is 14.2. The van der Waals surface area contributed by atoms with Gasteiger partial charge in [0.2, 0.25) is 0 Å². The van der Waals surface area contributed by atoms with Crippen molar-refractivity contribution in [1.82, 2.24) is 0 Å². The van der Waals surface area contributed by atoms with Gasteiger partial charge in [-0.15, -0.1) is 0 Å². The van der Waals surface area contributed by atoms with Crippen LogP contribution < -0.4 is 11.5 Å². The van der Waals surface area contributed by atoms with E-state index in [2.05, 4.69) is 9.47 Å². The zero-order chi connectivity index (χ0) is 17.7. The van der Waals surface area contributed by atoms with Gasteiger partial charge in [-0.2, -0.15) is 13.2 Å². The highest BCUT2D eigenvalue weighted by Gasteiger charge is 2.43. The van der Waals surface area contributed by atoms with Crippen LogP contribution in [0.4, 0.5) is 13.2 Å². The van der Waals surface area contributed by atoms with Crippen molar-refractivity contribution < 1.29 is 41.8 Å². The number of halogens is 3. The molecule has 0 aromatic heterocycles. The van der Waals surface area contributed by atoms with Crippen LogP contribution in [0.3, 0.4) is 0 Å². The smallest absolute Gasteiger partial charge is 0.392 e. The minimum Gasteiger partial charge on any atom is -0.392 e.